The van der Waals surface area contributed by atoms with Crippen molar-refractivity contribution in [2.45, 2.75) is 32.7 Å². The normalized spacial score (nSPS) is 16.9. The monoisotopic (exact) mass is 285 g/mol. The van der Waals surface area contributed by atoms with Crippen LogP contribution < -0.4 is 5.32 Å². The Morgan fingerprint density at radius 1 is 1.19 bits per heavy atom. The summed E-state index contributed by atoms with van der Waals surface area (Å²) in [6, 6.07) is 8.63. The van der Waals surface area contributed by atoms with Crippen LogP contribution in [0.3, 0.4) is 0 Å². The van der Waals surface area contributed by atoms with E-state index in [4.69, 9.17) is 0 Å². The summed E-state index contributed by atoms with van der Waals surface area (Å²) in [6.45, 7) is 8.18. The molecule has 0 bridgehead atoms. The number of H-pyrrole nitrogens is 1. The first kappa shape index (κ1) is 14.6. The summed E-state index contributed by atoms with van der Waals surface area (Å²) < 4.78 is 0. The second-order valence-corrected chi connectivity index (χ2v) is 6.29. The molecule has 1 aromatic heterocycles. The topological polar surface area (TPSA) is 31.1 Å². The number of fused-ring (bicyclic) bond motifs is 1. The van der Waals surface area contributed by atoms with Gasteiger partial charge in [-0.25, -0.2) is 0 Å². The summed E-state index contributed by atoms with van der Waals surface area (Å²) in [5.41, 5.74) is 2.69. The Balaban J connectivity index is 1.69. The molecule has 0 spiro atoms. The lowest BCUT2D eigenvalue weighted by molar-refractivity contribution is 0.199. The van der Waals surface area contributed by atoms with Crippen LogP contribution in [0, 0.1) is 5.92 Å². The fourth-order valence-electron chi connectivity index (χ4n) is 3.48. The molecule has 3 heteroatoms. The number of aromatic nitrogens is 1. The van der Waals surface area contributed by atoms with Gasteiger partial charge in [-0.15, -0.1) is 0 Å². The molecule has 0 saturated carbocycles. The molecule has 3 nitrogen and oxygen atoms in total. The van der Waals surface area contributed by atoms with Crippen molar-refractivity contribution >= 4 is 10.9 Å². The summed E-state index contributed by atoms with van der Waals surface area (Å²) in [6.07, 6.45) is 6.07. The highest BCUT2D eigenvalue weighted by Crippen LogP contribution is 2.21. The second-order valence-electron chi connectivity index (χ2n) is 6.29. The molecule has 3 rings (SSSR count). The third kappa shape index (κ3) is 3.66. The van der Waals surface area contributed by atoms with Crippen LogP contribution in [0.15, 0.2) is 30.5 Å². The molecule has 2 heterocycles. The maximum atomic E-state index is 3.47. The van der Waals surface area contributed by atoms with Crippen molar-refractivity contribution in [2.24, 2.45) is 5.92 Å². The average molecular weight is 285 g/mol. The highest BCUT2D eigenvalue weighted by atomic mass is 15.1. The summed E-state index contributed by atoms with van der Waals surface area (Å²) in [7, 11) is 0. The van der Waals surface area contributed by atoms with E-state index in [1.807, 2.05) is 0 Å². The second kappa shape index (κ2) is 7.10. The van der Waals surface area contributed by atoms with E-state index in [0.29, 0.717) is 0 Å². The van der Waals surface area contributed by atoms with Crippen LogP contribution in [0.25, 0.3) is 10.9 Å². The number of benzene rings is 1. The van der Waals surface area contributed by atoms with Crippen molar-refractivity contribution in [1.82, 2.24) is 15.2 Å². The van der Waals surface area contributed by atoms with E-state index in [1.165, 1.54) is 61.9 Å². The number of hydrogen-bond donors (Lipinski definition) is 2. The molecule has 2 N–H and O–H groups in total. The van der Waals surface area contributed by atoms with Crippen molar-refractivity contribution in [3.8, 4) is 0 Å². The highest BCUT2D eigenvalue weighted by molar-refractivity contribution is 5.82. The first-order valence-corrected chi connectivity index (χ1v) is 8.35. The van der Waals surface area contributed by atoms with Gasteiger partial charge in [0.25, 0.3) is 0 Å². The van der Waals surface area contributed by atoms with E-state index in [0.717, 1.165) is 12.5 Å². The Morgan fingerprint density at radius 3 is 2.81 bits per heavy atom. The number of hydrogen-bond acceptors (Lipinski definition) is 2. The maximum absolute atomic E-state index is 3.47. The van der Waals surface area contributed by atoms with Gasteiger partial charge < -0.3 is 10.3 Å². The van der Waals surface area contributed by atoms with Crippen molar-refractivity contribution in [1.29, 1.82) is 0 Å². The van der Waals surface area contributed by atoms with Crippen LogP contribution >= 0.6 is 0 Å². The Kier molecular flexibility index (Phi) is 4.94. The zero-order valence-corrected chi connectivity index (χ0v) is 13.1. The number of para-hydroxylation sites is 1. The third-order valence-corrected chi connectivity index (χ3v) is 4.58. The van der Waals surface area contributed by atoms with E-state index in [2.05, 4.69) is 52.6 Å². The van der Waals surface area contributed by atoms with Gasteiger partial charge in [0, 0.05) is 30.2 Å². The minimum Gasteiger partial charge on any atom is -0.361 e. The summed E-state index contributed by atoms with van der Waals surface area (Å²) >= 11 is 0. The molecule has 114 valence electrons. The van der Waals surface area contributed by atoms with Gasteiger partial charge in [-0.1, -0.05) is 25.1 Å². The Morgan fingerprint density at radius 2 is 2.00 bits per heavy atom. The predicted molar refractivity (Wildman–Crippen MR) is 89.5 cm³/mol. The number of rotatable bonds is 6. The molecule has 0 amide bonds. The molecule has 0 atom stereocenters. The number of piperidine rings is 1. The smallest absolute Gasteiger partial charge is 0.0457 e. The lowest BCUT2D eigenvalue weighted by Gasteiger charge is -2.29. The van der Waals surface area contributed by atoms with Gasteiger partial charge in [0.2, 0.25) is 0 Å². The summed E-state index contributed by atoms with van der Waals surface area (Å²) in [4.78, 5) is 6.05. The molecule has 2 aromatic rings. The van der Waals surface area contributed by atoms with E-state index in [-0.39, 0.29) is 0 Å². The fourth-order valence-corrected chi connectivity index (χ4v) is 3.48. The van der Waals surface area contributed by atoms with Crippen LogP contribution in [0.2, 0.25) is 0 Å². The molecule has 1 aliphatic heterocycles. The summed E-state index contributed by atoms with van der Waals surface area (Å²) in [5.74, 6) is 0.864. The average Bonchev–Trinajstić information content (AvgIpc) is 2.92. The molecule has 1 saturated heterocycles. The Labute approximate surface area is 127 Å². The van der Waals surface area contributed by atoms with Crippen molar-refractivity contribution in [3.05, 3.63) is 36.0 Å². The van der Waals surface area contributed by atoms with Gasteiger partial charge in [-0.2, -0.15) is 0 Å². The van der Waals surface area contributed by atoms with Crippen molar-refractivity contribution in [2.75, 3.05) is 26.2 Å². The zero-order valence-electron chi connectivity index (χ0n) is 13.1. The van der Waals surface area contributed by atoms with E-state index in [9.17, 15) is 0 Å². The van der Waals surface area contributed by atoms with Gasteiger partial charge in [-0.3, -0.25) is 4.90 Å². The standard InChI is InChI=1S/C18H27N3/c1-2-11-21(13-15-7-9-19-10-8-15)14-16-12-20-18-6-4-3-5-17(16)18/h3-6,12,15,19-20H,2,7-11,13-14H2,1H3. The van der Waals surface area contributed by atoms with E-state index < -0.39 is 0 Å². The van der Waals surface area contributed by atoms with E-state index in [1.54, 1.807) is 0 Å². The fraction of sp³-hybridized carbons (Fsp3) is 0.556. The lowest BCUT2D eigenvalue weighted by Crippen LogP contribution is -2.36. The van der Waals surface area contributed by atoms with Crippen LogP contribution in [0.4, 0.5) is 0 Å². The van der Waals surface area contributed by atoms with Gasteiger partial charge in [0.15, 0.2) is 0 Å². The summed E-state index contributed by atoms with van der Waals surface area (Å²) in [5, 5.41) is 4.84. The van der Waals surface area contributed by atoms with Crippen LogP contribution in [-0.2, 0) is 6.54 Å². The molecule has 21 heavy (non-hydrogen) atoms. The molecule has 1 aliphatic rings. The molecular formula is C18H27N3. The minimum absolute atomic E-state index is 0.864. The number of aromatic amines is 1. The molecule has 0 radical (unpaired) electrons. The van der Waals surface area contributed by atoms with Gasteiger partial charge in [0.1, 0.15) is 0 Å². The minimum atomic E-state index is 0.864. The predicted octanol–water partition coefficient (Wildman–Crippen LogP) is 3.38. The first-order chi connectivity index (χ1) is 10.4. The molecule has 1 fully saturated rings. The number of nitrogens with one attached hydrogen (secondary N) is 2. The van der Waals surface area contributed by atoms with Crippen LogP contribution in [0.5, 0.6) is 0 Å². The van der Waals surface area contributed by atoms with Gasteiger partial charge in [-0.05, 0) is 56.4 Å². The molecule has 0 unspecified atom stereocenters. The largest absolute Gasteiger partial charge is 0.361 e. The maximum Gasteiger partial charge on any atom is 0.0457 e. The zero-order chi connectivity index (χ0) is 14.5. The molecular weight excluding hydrogens is 258 g/mol. The Hall–Kier alpha value is -1.32. The first-order valence-electron chi connectivity index (χ1n) is 8.35. The quantitative estimate of drug-likeness (QED) is 0.852. The van der Waals surface area contributed by atoms with Gasteiger partial charge in [0.05, 0.1) is 0 Å². The van der Waals surface area contributed by atoms with Crippen LogP contribution in [-0.4, -0.2) is 36.1 Å². The van der Waals surface area contributed by atoms with E-state index >= 15 is 0 Å². The van der Waals surface area contributed by atoms with Crippen molar-refractivity contribution in [3.63, 3.8) is 0 Å². The van der Waals surface area contributed by atoms with Crippen molar-refractivity contribution < 1.29 is 0 Å². The Bertz CT molecular complexity index is 554. The third-order valence-electron chi connectivity index (χ3n) is 4.58. The van der Waals surface area contributed by atoms with Crippen LogP contribution in [0.1, 0.15) is 31.7 Å². The van der Waals surface area contributed by atoms with Gasteiger partial charge >= 0.3 is 0 Å². The lowest BCUT2D eigenvalue weighted by atomic mass is 9.97. The highest BCUT2D eigenvalue weighted by Gasteiger charge is 2.17. The number of nitrogens with zero attached hydrogens (tertiary/aromatic N) is 1. The SMILES string of the molecule is CCCN(Cc1c[nH]c2ccccc12)CC1CCNCC1. The molecule has 0 aliphatic carbocycles. The molecule has 1 aromatic carbocycles.